The van der Waals surface area contributed by atoms with Crippen molar-refractivity contribution in [2.45, 2.75) is 26.2 Å². The van der Waals surface area contributed by atoms with E-state index in [0.717, 1.165) is 23.2 Å². The largest absolute Gasteiger partial charge is 0.433 e. The number of hydrogen-bond donors (Lipinski definition) is 1. The first kappa shape index (κ1) is 17.2. The average molecular weight is 355 g/mol. The number of nitro groups is 1. The summed E-state index contributed by atoms with van der Waals surface area (Å²) in [6.45, 7) is 1.96. The molecule has 8 nitrogen and oxygen atoms in total. The van der Waals surface area contributed by atoms with Crippen molar-refractivity contribution >= 4 is 52.1 Å². The summed E-state index contributed by atoms with van der Waals surface area (Å²) in [6.07, 6.45) is 3.23. The van der Waals surface area contributed by atoms with Gasteiger partial charge in [0.15, 0.2) is 4.32 Å². The fraction of sp³-hybridized carbons (Fsp3) is 0.308. The van der Waals surface area contributed by atoms with Crippen LogP contribution in [0.3, 0.4) is 0 Å². The van der Waals surface area contributed by atoms with Gasteiger partial charge >= 0.3 is 5.88 Å². The summed E-state index contributed by atoms with van der Waals surface area (Å²) in [7, 11) is 0. The van der Waals surface area contributed by atoms with Crippen LogP contribution in [-0.4, -0.2) is 26.1 Å². The molecule has 0 spiro atoms. The molecule has 0 aromatic carbocycles. The molecule has 0 aliphatic carbocycles. The van der Waals surface area contributed by atoms with Crippen LogP contribution in [-0.2, 0) is 9.59 Å². The minimum absolute atomic E-state index is 0.162. The van der Waals surface area contributed by atoms with Crippen molar-refractivity contribution in [1.82, 2.24) is 10.4 Å². The van der Waals surface area contributed by atoms with E-state index in [-0.39, 0.29) is 20.9 Å². The Bertz CT molecular complexity index is 698. The van der Waals surface area contributed by atoms with Gasteiger partial charge in [-0.15, -0.1) is 0 Å². The highest BCUT2D eigenvalue weighted by atomic mass is 32.2. The Labute approximate surface area is 141 Å². The van der Waals surface area contributed by atoms with Crippen LogP contribution in [0, 0.1) is 10.1 Å². The number of nitrogens with one attached hydrogen (secondary N) is 1. The fourth-order valence-electron chi connectivity index (χ4n) is 1.73. The number of hydrogen-bond acceptors (Lipinski definition) is 7. The Morgan fingerprint density at radius 1 is 1.57 bits per heavy atom. The van der Waals surface area contributed by atoms with Gasteiger partial charge in [0, 0.05) is 12.5 Å². The molecule has 0 unspecified atom stereocenters. The monoisotopic (exact) mass is 355 g/mol. The van der Waals surface area contributed by atoms with Crippen molar-refractivity contribution in [3.8, 4) is 0 Å². The van der Waals surface area contributed by atoms with Crippen LogP contribution in [0.4, 0.5) is 5.88 Å². The van der Waals surface area contributed by atoms with Crippen LogP contribution in [0.1, 0.15) is 31.9 Å². The van der Waals surface area contributed by atoms with E-state index in [1.54, 1.807) is 0 Å². The fourth-order valence-corrected chi connectivity index (χ4v) is 2.89. The summed E-state index contributed by atoms with van der Waals surface area (Å²) >= 11 is 6.05. The van der Waals surface area contributed by atoms with Crippen molar-refractivity contribution in [2.75, 3.05) is 0 Å². The van der Waals surface area contributed by atoms with E-state index in [1.165, 1.54) is 18.2 Å². The Morgan fingerprint density at radius 2 is 2.30 bits per heavy atom. The molecular weight excluding hydrogens is 342 g/mol. The molecule has 10 heteroatoms. The van der Waals surface area contributed by atoms with Gasteiger partial charge in [-0.05, 0) is 24.7 Å². The number of rotatable bonds is 6. The zero-order valence-electron chi connectivity index (χ0n) is 12.1. The molecule has 1 aromatic rings. The molecule has 1 aliphatic heterocycles. The van der Waals surface area contributed by atoms with Gasteiger partial charge in [-0.1, -0.05) is 25.1 Å². The minimum atomic E-state index is -0.670. The van der Waals surface area contributed by atoms with E-state index in [4.69, 9.17) is 16.6 Å². The lowest BCUT2D eigenvalue weighted by molar-refractivity contribution is -0.402. The van der Waals surface area contributed by atoms with Gasteiger partial charge in [0.05, 0.1) is 11.0 Å². The molecule has 1 saturated heterocycles. The molecule has 1 aromatic heterocycles. The molecular formula is C13H13N3O5S2. The van der Waals surface area contributed by atoms with E-state index in [0.29, 0.717) is 12.8 Å². The Hall–Kier alpha value is -2.20. The third-order valence-electron chi connectivity index (χ3n) is 2.85. The molecule has 0 saturated carbocycles. The number of thiocarbonyl (C=S) groups is 1. The van der Waals surface area contributed by atoms with Gasteiger partial charge in [0.25, 0.3) is 5.91 Å². The Morgan fingerprint density at radius 3 is 2.91 bits per heavy atom. The number of hydrazine groups is 1. The van der Waals surface area contributed by atoms with Crippen LogP contribution in [0.25, 0.3) is 6.08 Å². The molecule has 2 heterocycles. The third kappa shape index (κ3) is 4.17. The summed E-state index contributed by atoms with van der Waals surface area (Å²) in [6, 6.07) is 2.57. The average Bonchev–Trinajstić information content (AvgIpc) is 3.06. The Kier molecular flexibility index (Phi) is 5.50. The standard InChI is InChI=1S/C13H13N3O5S2/c1-2-3-4-10(17)14-15-12(18)9(23-13(15)22)7-8-5-6-11(21-8)16(19)20/h5-7H,2-4H2,1H3,(H,14,17)/b9-7+. The van der Waals surface area contributed by atoms with Crippen molar-refractivity contribution in [3.05, 3.63) is 32.9 Å². The molecule has 1 aliphatic rings. The molecule has 2 amide bonds. The van der Waals surface area contributed by atoms with Crippen molar-refractivity contribution < 1.29 is 18.9 Å². The highest BCUT2D eigenvalue weighted by molar-refractivity contribution is 8.26. The molecule has 1 N–H and O–H groups in total. The second-order valence-electron chi connectivity index (χ2n) is 4.59. The van der Waals surface area contributed by atoms with E-state index in [2.05, 4.69) is 5.43 Å². The zero-order chi connectivity index (χ0) is 17.0. The second-order valence-corrected chi connectivity index (χ2v) is 6.26. The van der Waals surface area contributed by atoms with Gasteiger partial charge in [-0.2, -0.15) is 5.01 Å². The van der Waals surface area contributed by atoms with Gasteiger partial charge in [-0.3, -0.25) is 25.1 Å². The van der Waals surface area contributed by atoms with Crippen LogP contribution in [0.15, 0.2) is 21.5 Å². The number of carbonyl (C=O) groups is 2. The van der Waals surface area contributed by atoms with Crippen LogP contribution < -0.4 is 5.43 Å². The van der Waals surface area contributed by atoms with E-state index in [1.807, 2.05) is 6.92 Å². The molecule has 122 valence electrons. The SMILES string of the molecule is CCCCC(=O)NN1C(=O)/C(=C\c2ccc([N+](=O)[O-])o2)SC1=S. The number of thioether (sulfide) groups is 1. The zero-order valence-corrected chi connectivity index (χ0v) is 13.7. The Balaban J connectivity index is 2.09. The number of unbranched alkanes of at least 4 members (excludes halogenated alkanes) is 1. The molecule has 0 atom stereocenters. The highest BCUT2D eigenvalue weighted by Crippen LogP contribution is 2.32. The van der Waals surface area contributed by atoms with Crippen molar-refractivity contribution in [1.29, 1.82) is 0 Å². The quantitative estimate of drug-likeness (QED) is 0.362. The maximum atomic E-state index is 12.2. The van der Waals surface area contributed by atoms with E-state index < -0.39 is 16.7 Å². The van der Waals surface area contributed by atoms with E-state index in [9.17, 15) is 19.7 Å². The molecule has 2 rings (SSSR count). The first-order chi connectivity index (χ1) is 10.9. The van der Waals surface area contributed by atoms with Crippen molar-refractivity contribution in [3.63, 3.8) is 0 Å². The van der Waals surface area contributed by atoms with Gasteiger partial charge in [0.2, 0.25) is 5.91 Å². The lowest BCUT2D eigenvalue weighted by Gasteiger charge is -2.15. The van der Waals surface area contributed by atoms with Gasteiger partial charge in [0.1, 0.15) is 10.7 Å². The number of nitrogens with zero attached hydrogens (tertiary/aromatic N) is 2. The highest BCUT2D eigenvalue weighted by Gasteiger charge is 2.33. The normalized spacial score (nSPS) is 16.2. The van der Waals surface area contributed by atoms with Gasteiger partial charge in [-0.25, -0.2) is 0 Å². The minimum Gasteiger partial charge on any atom is -0.401 e. The van der Waals surface area contributed by atoms with Crippen LogP contribution in [0.5, 0.6) is 0 Å². The summed E-state index contributed by atoms with van der Waals surface area (Å²) < 4.78 is 5.16. The third-order valence-corrected chi connectivity index (χ3v) is 4.16. The summed E-state index contributed by atoms with van der Waals surface area (Å²) in [5.74, 6) is -1.05. The topological polar surface area (TPSA) is 106 Å². The summed E-state index contributed by atoms with van der Waals surface area (Å²) in [5, 5.41) is 11.6. The van der Waals surface area contributed by atoms with E-state index >= 15 is 0 Å². The second kappa shape index (κ2) is 7.38. The van der Waals surface area contributed by atoms with Crippen LogP contribution in [0.2, 0.25) is 0 Å². The number of furan rings is 1. The van der Waals surface area contributed by atoms with Gasteiger partial charge < -0.3 is 4.42 Å². The van der Waals surface area contributed by atoms with Crippen molar-refractivity contribution in [2.24, 2.45) is 0 Å². The maximum Gasteiger partial charge on any atom is 0.433 e. The number of carbonyl (C=O) groups excluding carboxylic acids is 2. The first-order valence-electron chi connectivity index (χ1n) is 6.74. The predicted octanol–water partition coefficient (Wildman–Crippen LogP) is 2.61. The summed E-state index contributed by atoms with van der Waals surface area (Å²) in [4.78, 5) is 34.1. The summed E-state index contributed by atoms with van der Waals surface area (Å²) in [5.41, 5.74) is 2.46. The molecule has 0 radical (unpaired) electrons. The lowest BCUT2D eigenvalue weighted by atomic mass is 10.2. The lowest BCUT2D eigenvalue weighted by Crippen LogP contribution is -2.44. The molecule has 1 fully saturated rings. The maximum absolute atomic E-state index is 12.2. The number of amides is 2. The first-order valence-corrected chi connectivity index (χ1v) is 7.96. The molecule has 23 heavy (non-hydrogen) atoms. The predicted molar refractivity (Wildman–Crippen MR) is 88.0 cm³/mol. The van der Waals surface area contributed by atoms with Crippen LogP contribution >= 0.6 is 24.0 Å². The smallest absolute Gasteiger partial charge is 0.401 e. The molecule has 0 bridgehead atoms.